The van der Waals surface area contributed by atoms with E-state index < -0.39 is 32.2 Å². The third-order valence-electron chi connectivity index (χ3n) is 9.74. The molecule has 0 fully saturated rings. The molecular weight excluding hydrogens is 685 g/mol. The minimum absolute atomic E-state index is 0.143. The molecule has 4 aromatic carbocycles. The smallest absolute Gasteiger partial charge is 0.324 e. The number of nitrogens with zero attached hydrogens (tertiary/aromatic N) is 9. The second-order valence-corrected chi connectivity index (χ2v) is 15.4. The van der Waals surface area contributed by atoms with Crippen LogP contribution in [0.2, 0.25) is 0 Å². The van der Waals surface area contributed by atoms with Crippen molar-refractivity contribution in [1.82, 2.24) is 39.5 Å². The van der Waals surface area contributed by atoms with E-state index in [9.17, 15) is 20.2 Å². The van der Waals surface area contributed by atoms with Gasteiger partial charge in [-0.15, -0.1) is 0 Å². The molecule has 0 aliphatic carbocycles. The summed E-state index contributed by atoms with van der Waals surface area (Å²) < 4.78 is 2.10. The van der Waals surface area contributed by atoms with Crippen molar-refractivity contribution in [1.29, 1.82) is 0 Å². The maximum atomic E-state index is 12.7. The van der Waals surface area contributed by atoms with Gasteiger partial charge in [0.1, 0.15) is 22.6 Å². The number of aromatic amines is 1. The zero-order valence-electron chi connectivity index (χ0n) is 30.2. The largest absolute Gasteiger partial charge is 0.350 e. The third kappa shape index (κ3) is 4.86. The zero-order valence-corrected chi connectivity index (χ0v) is 30.2. The van der Waals surface area contributed by atoms with Gasteiger partial charge >= 0.3 is 11.4 Å². The highest BCUT2D eigenvalue weighted by Crippen LogP contribution is 2.46. The molecule has 2 aliphatic rings. The Morgan fingerprint density at radius 3 is 1.44 bits per heavy atom. The number of rotatable bonds is 2. The lowest BCUT2D eigenvalue weighted by molar-refractivity contribution is -0.423. The van der Waals surface area contributed by atoms with Gasteiger partial charge in [0.2, 0.25) is 0 Å². The Balaban J connectivity index is 1.58. The average molecular weight is 717 g/mol. The van der Waals surface area contributed by atoms with Gasteiger partial charge in [-0.25, -0.2) is 29.9 Å². The van der Waals surface area contributed by atoms with Crippen LogP contribution in [-0.2, 0) is 11.0 Å². The van der Waals surface area contributed by atoms with Crippen LogP contribution in [0.15, 0.2) is 78.9 Å². The maximum Gasteiger partial charge on any atom is 0.350 e. The molecule has 0 radical (unpaired) electrons. The zero-order chi connectivity index (χ0) is 37.8. The minimum atomic E-state index is -0.939. The van der Waals surface area contributed by atoms with Gasteiger partial charge < -0.3 is 9.55 Å². The van der Waals surface area contributed by atoms with Crippen molar-refractivity contribution in [2.24, 2.45) is 0 Å². The Bertz CT molecular complexity index is 2990. The first-order chi connectivity index (χ1) is 25.7. The van der Waals surface area contributed by atoms with Gasteiger partial charge in [-0.3, -0.25) is 20.2 Å². The van der Waals surface area contributed by atoms with Crippen molar-refractivity contribution in [3.8, 4) is 45.6 Å². The lowest BCUT2D eigenvalue weighted by atomic mass is 9.82. The fourth-order valence-corrected chi connectivity index (χ4v) is 7.57. The van der Waals surface area contributed by atoms with Crippen molar-refractivity contribution in [3.63, 3.8) is 0 Å². The number of aromatic nitrogens is 8. The molecule has 0 saturated carbocycles. The minimum Gasteiger partial charge on any atom is -0.324 e. The molecule has 5 heterocycles. The molecule has 14 heteroatoms. The molecule has 0 amide bonds. The topological polar surface area (TPSA) is 184 Å². The summed E-state index contributed by atoms with van der Waals surface area (Å²) in [7, 11) is 0. The highest BCUT2D eigenvalue weighted by molar-refractivity contribution is 6.11. The molecule has 14 nitrogen and oxygen atoms in total. The highest BCUT2D eigenvalue weighted by Gasteiger charge is 2.38. The Hall–Kier alpha value is -6.96. The summed E-state index contributed by atoms with van der Waals surface area (Å²) in [6.07, 6.45) is 0. The normalized spacial score (nSPS) is 12.6. The monoisotopic (exact) mass is 716 g/mol. The number of fused-ring (bicyclic) bond motifs is 20. The van der Waals surface area contributed by atoms with Gasteiger partial charge in [0, 0.05) is 55.4 Å². The molecule has 0 spiro atoms. The number of hydrogen-bond acceptors (Lipinski definition) is 10. The van der Waals surface area contributed by atoms with Gasteiger partial charge in [0.05, 0.1) is 15.4 Å². The van der Waals surface area contributed by atoms with Crippen molar-refractivity contribution in [2.75, 3.05) is 0 Å². The number of nitro benzene ring substituents is 2. The summed E-state index contributed by atoms with van der Waals surface area (Å²) in [6, 6.07) is 24.4. The lowest BCUT2D eigenvalue weighted by Crippen LogP contribution is -2.22. The van der Waals surface area contributed by atoms with E-state index in [0.717, 1.165) is 21.9 Å². The Kier molecular flexibility index (Phi) is 6.87. The van der Waals surface area contributed by atoms with Crippen LogP contribution < -0.4 is 0 Å². The molecule has 9 rings (SSSR count). The van der Waals surface area contributed by atoms with Crippen molar-refractivity contribution in [3.05, 3.63) is 105 Å². The van der Waals surface area contributed by atoms with Crippen LogP contribution in [0.25, 0.3) is 89.7 Å². The molecule has 0 unspecified atom stereocenters. The summed E-state index contributed by atoms with van der Waals surface area (Å²) >= 11 is 0. The quantitative estimate of drug-likeness (QED) is 0.134. The first kappa shape index (κ1) is 32.9. The molecule has 0 atom stereocenters. The van der Waals surface area contributed by atoms with Gasteiger partial charge in [-0.1, -0.05) is 93.6 Å². The van der Waals surface area contributed by atoms with Crippen LogP contribution in [0.4, 0.5) is 11.4 Å². The average Bonchev–Trinajstić information content (AvgIpc) is 3.84. The highest BCUT2D eigenvalue weighted by atomic mass is 16.6. The van der Waals surface area contributed by atoms with Crippen molar-refractivity contribution >= 4 is 55.5 Å². The van der Waals surface area contributed by atoms with E-state index >= 15 is 0 Å². The number of nitro groups is 2. The predicted octanol–water partition coefficient (Wildman–Crippen LogP) is 9.21. The second-order valence-electron chi connectivity index (χ2n) is 15.4. The van der Waals surface area contributed by atoms with Gasteiger partial charge in [-0.2, -0.15) is 0 Å². The molecule has 54 heavy (non-hydrogen) atoms. The van der Waals surface area contributed by atoms with Crippen LogP contribution >= 0.6 is 0 Å². The van der Waals surface area contributed by atoms with E-state index in [1.165, 1.54) is 6.07 Å². The predicted molar refractivity (Wildman–Crippen MR) is 207 cm³/mol. The molecule has 0 saturated heterocycles. The maximum absolute atomic E-state index is 12.7. The van der Waals surface area contributed by atoms with Crippen LogP contribution in [0.5, 0.6) is 0 Å². The first-order valence-electron chi connectivity index (χ1n) is 17.3. The van der Waals surface area contributed by atoms with Crippen LogP contribution in [0, 0.1) is 20.2 Å². The summed E-state index contributed by atoms with van der Waals surface area (Å²) in [5.41, 5.74) is 2.07. The fraction of sp³-hybridized carbons (Fsp3) is 0.200. The van der Waals surface area contributed by atoms with E-state index in [0.29, 0.717) is 51.1 Å². The van der Waals surface area contributed by atoms with E-state index in [2.05, 4.69) is 30.3 Å². The van der Waals surface area contributed by atoms with E-state index in [4.69, 9.17) is 29.9 Å². The Labute approximate surface area is 307 Å². The number of hydrogen-bond donors (Lipinski definition) is 1. The van der Waals surface area contributed by atoms with E-state index in [1.54, 1.807) is 20.8 Å². The molecule has 2 aliphatic heterocycles. The second kappa shape index (κ2) is 11.3. The standard InChI is InChI=1S/C40H32N10O4/c1-39(2,3)29-28-26(19-27(49(51)52)30(29)50(53)54)35-43-31-20-13-7-9-15-22(20)33(41-31)46-37-24-17-11-12-18-25(24)38(48(37)40(4,5)6)47-34-23-16-10-8-14-21(23)32(42-34)44-36(28)45-35/h7-19H,1-6H3,(H,41,42,43,44,45,46,47). The first-order valence-corrected chi connectivity index (χ1v) is 17.3. The van der Waals surface area contributed by atoms with Gasteiger partial charge in [0.15, 0.2) is 23.3 Å². The van der Waals surface area contributed by atoms with Crippen molar-refractivity contribution in [2.45, 2.75) is 52.5 Å². The van der Waals surface area contributed by atoms with E-state index in [1.807, 2.05) is 72.8 Å². The summed E-state index contributed by atoms with van der Waals surface area (Å²) in [5.74, 6) is 1.48. The molecule has 8 bridgehead atoms. The van der Waals surface area contributed by atoms with Crippen LogP contribution in [0.1, 0.15) is 47.1 Å². The molecule has 7 aromatic rings. The molecule has 3 aromatic heterocycles. The Morgan fingerprint density at radius 2 is 1.02 bits per heavy atom. The summed E-state index contributed by atoms with van der Waals surface area (Å²) in [4.78, 5) is 57.5. The number of benzene rings is 4. The van der Waals surface area contributed by atoms with Crippen LogP contribution in [-0.4, -0.2) is 49.3 Å². The number of H-pyrrole nitrogens is 1. The summed E-state index contributed by atoms with van der Waals surface area (Å²) in [5, 5.41) is 27.5. The lowest BCUT2D eigenvalue weighted by Gasteiger charge is -2.22. The fourth-order valence-electron chi connectivity index (χ4n) is 7.57. The molecule has 266 valence electrons. The SMILES string of the molecule is CC(C)(C)c1c([N+](=O)[O-])c([N+](=O)[O-])cc2c3nc4nc(nc5c6ccccc6c(nc6nc(nc([nH]3)c12)-c1ccccc1-6)n5C(C)(C)C)-c1ccccc1-4. The Morgan fingerprint density at radius 1 is 0.574 bits per heavy atom. The summed E-state index contributed by atoms with van der Waals surface area (Å²) in [6.45, 7) is 11.6. The van der Waals surface area contributed by atoms with Gasteiger partial charge in [0.25, 0.3) is 0 Å². The third-order valence-corrected chi connectivity index (χ3v) is 9.74. The number of nitrogens with one attached hydrogen (secondary N) is 1. The van der Waals surface area contributed by atoms with Crippen molar-refractivity contribution < 1.29 is 9.85 Å². The molecular formula is C40H32N10O4. The van der Waals surface area contributed by atoms with Gasteiger partial charge in [-0.05, 0) is 26.2 Å². The molecule has 1 N–H and O–H groups in total. The van der Waals surface area contributed by atoms with Crippen LogP contribution in [0.3, 0.4) is 0 Å². The van der Waals surface area contributed by atoms with E-state index in [-0.39, 0.29) is 22.2 Å².